The zero-order valence-corrected chi connectivity index (χ0v) is 11.5. The van der Waals surface area contributed by atoms with Crippen molar-refractivity contribution in [2.24, 2.45) is 0 Å². The van der Waals surface area contributed by atoms with E-state index in [2.05, 4.69) is 4.72 Å². The molecule has 0 spiro atoms. The largest absolute Gasteiger partial charge is 0.344 e. The quantitative estimate of drug-likeness (QED) is 0.887. The molecule has 1 aliphatic rings. The molecule has 7 heteroatoms. The van der Waals surface area contributed by atoms with Crippen LogP contribution in [0.2, 0.25) is 0 Å². The molecule has 1 unspecified atom stereocenters. The van der Waals surface area contributed by atoms with Crippen molar-refractivity contribution >= 4 is 15.9 Å². The number of hydrogen-bond acceptors (Lipinski definition) is 3. The van der Waals surface area contributed by atoms with E-state index < -0.39 is 21.9 Å². The van der Waals surface area contributed by atoms with Crippen LogP contribution in [0.1, 0.15) is 12.0 Å². The second-order valence-corrected chi connectivity index (χ2v) is 6.39. The zero-order chi connectivity index (χ0) is 14.2. The van der Waals surface area contributed by atoms with Gasteiger partial charge in [-0.15, -0.1) is 0 Å². The summed E-state index contributed by atoms with van der Waals surface area (Å²) in [5, 5.41) is 0. The van der Waals surface area contributed by atoms with Crippen molar-refractivity contribution in [3.8, 4) is 0 Å². The van der Waals surface area contributed by atoms with Gasteiger partial charge < -0.3 is 4.90 Å². The Kier molecular flexibility index (Phi) is 3.60. The normalized spacial score (nSPS) is 20.1. The number of carbonyl (C=O) groups excluding carboxylic acids is 1. The minimum atomic E-state index is -3.73. The molecule has 1 fully saturated rings. The van der Waals surface area contributed by atoms with E-state index in [9.17, 15) is 17.6 Å². The van der Waals surface area contributed by atoms with E-state index in [-0.39, 0.29) is 17.2 Å². The molecule has 1 aromatic carbocycles. The van der Waals surface area contributed by atoms with E-state index in [4.69, 9.17) is 0 Å². The highest BCUT2D eigenvalue weighted by molar-refractivity contribution is 7.89. The summed E-state index contributed by atoms with van der Waals surface area (Å²) >= 11 is 0. The fourth-order valence-electron chi connectivity index (χ4n) is 2.14. The monoisotopic (exact) mass is 286 g/mol. The van der Waals surface area contributed by atoms with Gasteiger partial charge >= 0.3 is 0 Å². The topological polar surface area (TPSA) is 66.5 Å². The van der Waals surface area contributed by atoms with Crippen LogP contribution in [-0.2, 0) is 14.8 Å². The van der Waals surface area contributed by atoms with Crippen molar-refractivity contribution in [2.75, 3.05) is 13.6 Å². The van der Waals surface area contributed by atoms with Gasteiger partial charge in [-0.2, -0.15) is 0 Å². The van der Waals surface area contributed by atoms with Crippen LogP contribution in [-0.4, -0.2) is 38.9 Å². The first-order chi connectivity index (χ1) is 8.79. The zero-order valence-electron chi connectivity index (χ0n) is 10.7. The van der Waals surface area contributed by atoms with E-state index in [1.54, 1.807) is 7.05 Å². The summed E-state index contributed by atoms with van der Waals surface area (Å²) in [6, 6.07) is 3.06. The third-order valence-corrected chi connectivity index (χ3v) is 4.77. The molecule has 1 aromatic rings. The Bertz CT molecular complexity index is 615. The summed E-state index contributed by atoms with van der Waals surface area (Å²) in [7, 11) is -2.11. The number of benzene rings is 1. The Hall–Kier alpha value is -1.47. The first-order valence-corrected chi connectivity index (χ1v) is 7.30. The Balaban J connectivity index is 2.21. The molecule has 1 atom stereocenters. The standard InChI is InChI=1S/C12H15FN2O3S/c1-8-5-9(13)3-4-11(8)19(17,18)14-10-6-12(16)15(2)7-10/h3-5,10,14H,6-7H2,1-2H3. The fourth-order valence-corrected chi connectivity index (χ4v) is 3.59. The number of sulfonamides is 1. The van der Waals surface area contributed by atoms with Gasteiger partial charge in [-0.05, 0) is 30.7 Å². The lowest BCUT2D eigenvalue weighted by Gasteiger charge is -2.14. The lowest BCUT2D eigenvalue weighted by Crippen LogP contribution is -2.36. The SMILES string of the molecule is Cc1cc(F)ccc1S(=O)(=O)NC1CC(=O)N(C)C1. The molecule has 0 saturated carbocycles. The number of aryl methyl sites for hydroxylation is 1. The number of nitrogens with one attached hydrogen (secondary N) is 1. The van der Waals surface area contributed by atoms with Crippen molar-refractivity contribution in [3.05, 3.63) is 29.6 Å². The first kappa shape index (κ1) is 14.0. The molecule has 2 rings (SSSR count). The summed E-state index contributed by atoms with van der Waals surface area (Å²) in [6.07, 6.45) is 0.149. The summed E-state index contributed by atoms with van der Waals surface area (Å²) in [6.45, 7) is 1.88. The number of nitrogens with zero attached hydrogens (tertiary/aromatic N) is 1. The van der Waals surface area contributed by atoms with Gasteiger partial charge in [0.1, 0.15) is 5.82 Å². The fraction of sp³-hybridized carbons (Fsp3) is 0.417. The van der Waals surface area contributed by atoms with Gasteiger partial charge in [0.2, 0.25) is 15.9 Å². The molecule has 1 saturated heterocycles. The average Bonchev–Trinajstić information content (AvgIpc) is 2.56. The van der Waals surface area contributed by atoms with Crippen LogP contribution in [0.5, 0.6) is 0 Å². The highest BCUT2D eigenvalue weighted by Gasteiger charge is 2.31. The van der Waals surface area contributed by atoms with Crippen molar-refractivity contribution in [1.82, 2.24) is 9.62 Å². The van der Waals surface area contributed by atoms with Crippen LogP contribution < -0.4 is 4.72 Å². The summed E-state index contributed by atoms with van der Waals surface area (Å²) < 4.78 is 39.8. The highest BCUT2D eigenvalue weighted by atomic mass is 32.2. The van der Waals surface area contributed by atoms with E-state index in [1.165, 1.54) is 24.0 Å². The predicted octanol–water partition coefficient (Wildman–Crippen LogP) is 0.643. The van der Waals surface area contributed by atoms with Gasteiger partial charge in [0, 0.05) is 26.1 Å². The lowest BCUT2D eigenvalue weighted by molar-refractivity contribution is -0.126. The van der Waals surface area contributed by atoms with Crippen LogP contribution in [0.3, 0.4) is 0 Å². The number of likely N-dealkylation sites (N-methyl/N-ethyl adjacent to an activating group) is 1. The first-order valence-electron chi connectivity index (χ1n) is 5.82. The van der Waals surface area contributed by atoms with Crippen LogP contribution >= 0.6 is 0 Å². The van der Waals surface area contributed by atoms with E-state index in [0.717, 1.165) is 6.07 Å². The maximum absolute atomic E-state index is 13.0. The maximum Gasteiger partial charge on any atom is 0.241 e. The van der Waals surface area contributed by atoms with Crippen molar-refractivity contribution < 1.29 is 17.6 Å². The van der Waals surface area contributed by atoms with Gasteiger partial charge in [-0.1, -0.05) is 0 Å². The van der Waals surface area contributed by atoms with Gasteiger partial charge in [0.05, 0.1) is 4.90 Å². The Morgan fingerprint density at radius 3 is 2.63 bits per heavy atom. The van der Waals surface area contributed by atoms with E-state index >= 15 is 0 Å². The minimum Gasteiger partial charge on any atom is -0.344 e. The Morgan fingerprint density at radius 1 is 1.42 bits per heavy atom. The van der Waals surface area contributed by atoms with Crippen molar-refractivity contribution in [3.63, 3.8) is 0 Å². The predicted molar refractivity (Wildman–Crippen MR) is 67.5 cm³/mol. The molecule has 1 aliphatic heterocycles. The van der Waals surface area contributed by atoms with Gasteiger partial charge in [-0.25, -0.2) is 17.5 Å². The number of rotatable bonds is 3. The molecule has 0 aromatic heterocycles. The second-order valence-electron chi connectivity index (χ2n) is 4.71. The number of amides is 1. The molecule has 1 heterocycles. The van der Waals surface area contributed by atoms with Gasteiger partial charge in [-0.3, -0.25) is 4.79 Å². The van der Waals surface area contributed by atoms with Crippen molar-refractivity contribution in [2.45, 2.75) is 24.3 Å². The van der Waals surface area contributed by atoms with Crippen LogP contribution in [0.15, 0.2) is 23.1 Å². The average molecular weight is 286 g/mol. The molecule has 104 valence electrons. The maximum atomic E-state index is 13.0. The van der Waals surface area contributed by atoms with Crippen LogP contribution in [0.25, 0.3) is 0 Å². The molecule has 0 aliphatic carbocycles. The Labute approximate surface area is 111 Å². The van der Waals surface area contributed by atoms with Crippen LogP contribution in [0, 0.1) is 12.7 Å². The van der Waals surface area contributed by atoms with Crippen LogP contribution in [0.4, 0.5) is 4.39 Å². The number of halogens is 1. The summed E-state index contributed by atoms with van der Waals surface area (Å²) in [4.78, 5) is 12.9. The lowest BCUT2D eigenvalue weighted by atomic mass is 10.2. The number of carbonyl (C=O) groups is 1. The molecule has 1 N–H and O–H groups in total. The third kappa shape index (κ3) is 2.93. The van der Waals surface area contributed by atoms with E-state index in [0.29, 0.717) is 12.1 Å². The van der Waals surface area contributed by atoms with Crippen molar-refractivity contribution in [1.29, 1.82) is 0 Å². The smallest absolute Gasteiger partial charge is 0.241 e. The summed E-state index contributed by atoms with van der Waals surface area (Å²) in [5.41, 5.74) is 0.338. The second kappa shape index (κ2) is 4.90. The molecule has 0 bridgehead atoms. The Morgan fingerprint density at radius 2 is 2.11 bits per heavy atom. The molecular weight excluding hydrogens is 271 g/mol. The number of hydrogen-bond donors (Lipinski definition) is 1. The minimum absolute atomic E-state index is 0.0379. The molecular formula is C12H15FN2O3S. The van der Waals surface area contributed by atoms with E-state index in [1.807, 2.05) is 0 Å². The number of likely N-dealkylation sites (tertiary alicyclic amines) is 1. The third-order valence-electron chi connectivity index (χ3n) is 3.09. The highest BCUT2D eigenvalue weighted by Crippen LogP contribution is 2.18. The molecule has 1 amide bonds. The van der Waals surface area contributed by atoms with Gasteiger partial charge in [0.25, 0.3) is 0 Å². The summed E-state index contributed by atoms with van der Waals surface area (Å²) in [5.74, 6) is -0.573. The van der Waals surface area contributed by atoms with Gasteiger partial charge in [0.15, 0.2) is 0 Å². The molecule has 0 radical (unpaired) electrons. The molecule has 5 nitrogen and oxygen atoms in total. The molecule has 19 heavy (non-hydrogen) atoms.